The van der Waals surface area contributed by atoms with E-state index >= 15 is 0 Å². The standard InChI is InChI=1S/C17H26N2O2/c1-4-12(2)19-17(20)13(3)21-16-7-5-6-14(10-16)11-18-15-8-9-15/h5-7,10,12-13,15,18H,4,8-9,11H2,1-3H3,(H,19,20). The molecule has 1 aromatic rings. The van der Waals surface area contributed by atoms with E-state index in [1.807, 2.05) is 32.0 Å². The summed E-state index contributed by atoms with van der Waals surface area (Å²) < 4.78 is 5.74. The zero-order valence-corrected chi connectivity index (χ0v) is 13.2. The molecule has 0 saturated heterocycles. The molecule has 0 radical (unpaired) electrons. The summed E-state index contributed by atoms with van der Waals surface area (Å²) in [6.07, 6.45) is 3.00. The molecule has 0 aliphatic heterocycles. The first kappa shape index (κ1) is 15.8. The second kappa shape index (κ2) is 7.46. The van der Waals surface area contributed by atoms with Crippen molar-refractivity contribution in [2.45, 2.75) is 64.8 Å². The zero-order chi connectivity index (χ0) is 15.2. The molecule has 4 nitrogen and oxygen atoms in total. The van der Waals surface area contributed by atoms with E-state index in [-0.39, 0.29) is 11.9 Å². The van der Waals surface area contributed by atoms with Crippen molar-refractivity contribution in [3.8, 4) is 5.75 Å². The Labute approximate surface area is 127 Å². The van der Waals surface area contributed by atoms with Crippen molar-refractivity contribution in [2.75, 3.05) is 0 Å². The smallest absolute Gasteiger partial charge is 0.260 e. The van der Waals surface area contributed by atoms with Crippen molar-refractivity contribution < 1.29 is 9.53 Å². The molecule has 2 rings (SSSR count). The number of carbonyl (C=O) groups excluding carboxylic acids is 1. The van der Waals surface area contributed by atoms with E-state index in [1.165, 1.54) is 18.4 Å². The van der Waals surface area contributed by atoms with Crippen LogP contribution in [0.15, 0.2) is 24.3 Å². The van der Waals surface area contributed by atoms with Gasteiger partial charge in [-0.1, -0.05) is 19.1 Å². The van der Waals surface area contributed by atoms with Crippen molar-refractivity contribution >= 4 is 5.91 Å². The second-order valence-corrected chi connectivity index (χ2v) is 5.88. The molecule has 1 saturated carbocycles. The molecule has 1 aliphatic rings. The van der Waals surface area contributed by atoms with Gasteiger partial charge in [0.05, 0.1) is 0 Å². The highest BCUT2D eigenvalue weighted by molar-refractivity contribution is 5.80. The van der Waals surface area contributed by atoms with Gasteiger partial charge in [0.2, 0.25) is 0 Å². The molecule has 2 N–H and O–H groups in total. The van der Waals surface area contributed by atoms with Gasteiger partial charge in [0.1, 0.15) is 5.75 Å². The summed E-state index contributed by atoms with van der Waals surface area (Å²) in [7, 11) is 0. The minimum atomic E-state index is -0.481. The summed E-state index contributed by atoms with van der Waals surface area (Å²) >= 11 is 0. The lowest BCUT2D eigenvalue weighted by atomic mass is 10.2. The third kappa shape index (κ3) is 5.38. The predicted octanol–water partition coefficient (Wildman–Crippen LogP) is 2.62. The van der Waals surface area contributed by atoms with Gasteiger partial charge in [-0.25, -0.2) is 0 Å². The van der Waals surface area contributed by atoms with Crippen molar-refractivity contribution in [3.05, 3.63) is 29.8 Å². The highest BCUT2D eigenvalue weighted by atomic mass is 16.5. The Kier molecular flexibility index (Phi) is 5.62. The topological polar surface area (TPSA) is 50.4 Å². The average molecular weight is 290 g/mol. The quantitative estimate of drug-likeness (QED) is 0.774. The minimum absolute atomic E-state index is 0.0640. The van der Waals surface area contributed by atoms with Crippen molar-refractivity contribution in [2.24, 2.45) is 0 Å². The van der Waals surface area contributed by atoms with Gasteiger partial charge >= 0.3 is 0 Å². The highest BCUT2D eigenvalue weighted by Crippen LogP contribution is 2.20. The van der Waals surface area contributed by atoms with Gasteiger partial charge in [-0.3, -0.25) is 4.79 Å². The molecule has 0 spiro atoms. The van der Waals surface area contributed by atoms with Gasteiger partial charge in [-0.05, 0) is 50.8 Å². The Hall–Kier alpha value is -1.55. The van der Waals surface area contributed by atoms with Gasteiger partial charge in [0, 0.05) is 18.6 Å². The van der Waals surface area contributed by atoms with E-state index < -0.39 is 6.10 Å². The summed E-state index contributed by atoms with van der Waals surface area (Å²) in [6.45, 7) is 6.68. The third-order valence-corrected chi connectivity index (χ3v) is 3.75. The van der Waals surface area contributed by atoms with Crippen LogP contribution < -0.4 is 15.4 Å². The normalized spacial score (nSPS) is 17.1. The Bertz CT molecular complexity index is 472. The molecule has 1 fully saturated rings. The Balaban J connectivity index is 1.85. The molecule has 116 valence electrons. The summed E-state index contributed by atoms with van der Waals surface area (Å²) in [5.74, 6) is 0.683. The summed E-state index contributed by atoms with van der Waals surface area (Å²) in [4.78, 5) is 12.0. The lowest BCUT2D eigenvalue weighted by molar-refractivity contribution is -0.127. The number of amides is 1. The number of nitrogens with one attached hydrogen (secondary N) is 2. The lowest BCUT2D eigenvalue weighted by Gasteiger charge is -2.18. The molecule has 0 bridgehead atoms. The van der Waals surface area contributed by atoms with Crippen LogP contribution in [0.2, 0.25) is 0 Å². The van der Waals surface area contributed by atoms with Crippen LogP contribution in [0.25, 0.3) is 0 Å². The second-order valence-electron chi connectivity index (χ2n) is 5.88. The van der Waals surface area contributed by atoms with Crippen LogP contribution >= 0.6 is 0 Å². The van der Waals surface area contributed by atoms with Crippen molar-refractivity contribution in [1.29, 1.82) is 0 Å². The maximum atomic E-state index is 12.0. The van der Waals surface area contributed by atoms with Crippen LogP contribution in [0.5, 0.6) is 5.75 Å². The van der Waals surface area contributed by atoms with Gasteiger partial charge in [-0.15, -0.1) is 0 Å². The number of hydrogen-bond donors (Lipinski definition) is 2. The van der Waals surface area contributed by atoms with Crippen LogP contribution in [0.4, 0.5) is 0 Å². The Morgan fingerprint density at radius 2 is 2.14 bits per heavy atom. The van der Waals surface area contributed by atoms with Gasteiger partial charge in [0.25, 0.3) is 5.91 Å². The predicted molar refractivity (Wildman–Crippen MR) is 84.3 cm³/mol. The van der Waals surface area contributed by atoms with Crippen LogP contribution in [0, 0.1) is 0 Å². The number of ether oxygens (including phenoxy) is 1. The van der Waals surface area contributed by atoms with Crippen LogP contribution in [0.1, 0.15) is 45.6 Å². The Morgan fingerprint density at radius 3 is 2.81 bits per heavy atom. The van der Waals surface area contributed by atoms with E-state index in [0.29, 0.717) is 6.04 Å². The number of carbonyl (C=O) groups is 1. The van der Waals surface area contributed by atoms with Gasteiger partial charge in [0.15, 0.2) is 6.10 Å². The molecular weight excluding hydrogens is 264 g/mol. The summed E-state index contributed by atoms with van der Waals surface area (Å²) in [5, 5.41) is 6.41. The van der Waals surface area contributed by atoms with Crippen molar-refractivity contribution in [1.82, 2.24) is 10.6 Å². The molecule has 0 aromatic heterocycles. The maximum Gasteiger partial charge on any atom is 0.260 e. The van der Waals surface area contributed by atoms with Crippen LogP contribution in [-0.2, 0) is 11.3 Å². The van der Waals surface area contributed by atoms with Crippen LogP contribution in [-0.4, -0.2) is 24.1 Å². The van der Waals surface area contributed by atoms with Crippen molar-refractivity contribution in [3.63, 3.8) is 0 Å². The largest absolute Gasteiger partial charge is 0.481 e. The molecule has 1 aromatic carbocycles. The van der Waals surface area contributed by atoms with Gasteiger partial charge in [-0.2, -0.15) is 0 Å². The SMILES string of the molecule is CCC(C)NC(=O)C(C)Oc1cccc(CNC2CC2)c1. The maximum absolute atomic E-state index is 12.0. The summed E-state index contributed by atoms with van der Waals surface area (Å²) in [5.41, 5.74) is 1.19. The zero-order valence-electron chi connectivity index (χ0n) is 13.2. The summed E-state index contributed by atoms with van der Waals surface area (Å²) in [6, 6.07) is 8.81. The molecule has 2 atom stereocenters. The number of hydrogen-bond acceptors (Lipinski definition) is 3. The number of rotatable bonds is 8. The molecule has 1 amide bonds. The van der Waals surface area contributed by atoms with E-state index in [2.05, 4.69) is 16.7 Å². The molecule has 21 heavy (non-hydrogen) atoms. The molecule has 2 unspecified atom stereocenters. The first-order valence-corrected chi connectivity index (χ1v) is 7.88. The third-order valence-electron chi connectivity index (χ3n) is 3.75. The number of benzene rings is 1. The molecule has 1 aliphatic carbocycles. The lowest BCUT2D eigenvalue weighted by Crippen LogP contribution is -2.40. The van der Waals surface area contributed by atoms with E-state index in [4.69, 9.17) is 4.74 Å². The fourth-order valence-corrected chi connectivity index (χ4v) is 2.00. The van der Waals surface area contributed by atoms with E-state index in [0.717, 1.165) is 18.7 Å². The first-order valence-electron chi connectivity index (χ1n) is 7.88. The molecule has 0 heterocycles. The first-order chi connectivity index (χ1) is 10.1. The van der Waals surface area contributed by atoms with E-state index in [1.54, 1.807) is 6.92 Å². The fraction of sp³-hybridized carbons (Fsp3) is 0.588. The Morgan fingerprint density at radius 1 is 1.38 bits per heavy atom. The molecule has 4 heteroatoms. The average Bonchev–Trinajstić information content (AvgIpc) is 3.29. The minimum Gasteiger partial charge on any atom is -0.481 e. The van der Waals surface area contributed by atoms with Crippen LogP contribution in [0.3, 0.4) is 0 Å². The highest BCUT2D eigenvalue weighted by Gasteiger charge is 2.20. The molecular formula is C17H26N2O2. The monoisotopic (exact) mass is 290 g/mol. The van der Waals surface area contributed by atoms with E-state index in [9.17, 15) is 4.79 Å². The fourth-order valence-electron chi connectivity index (χ4n) is 2.00. The van der Waals surface area contributed by atoms with Gasteiger partial charge < -0.3 is 15.4 Å².